The molecular weight excluding hydrogens is 268 g/mol. The Morgan fingerprint density at radius 3 is 2.10 bits per heavy atom. The lowest BCUT2D eigenvalue weighted by Gasteiger charge is -2.05. The van der Waals surface area contributed by atoms with E-state index in [0.29, 0.717) is 0 Å². The maximum absolute atomic E-state index is 11.6. The fourth-order valence-electron chi connectivity index (χ4n) is 2.06. The molecular formula is C17H16O4. The minimum absolute atomic E-state index is 0.133. The maximum Gasteiger partial charge on any atom is 0.345 e. The number of carbonyl (C=O) groups excluding carboxylic acids is 2. The summed E-state index contributed by atoms with van der Waals surface area (Å²) < 4.78 is 9.21. The lowest BCUT2D eigenvalue weighted by molar-refractivity contribution is -0.143. The van der Waals surface area contributed by atoms with E-state index in [-0.39, 0.29) is 5.57 Å². The summed E-state index contributed by atoms with van der Waals surface area (Å²) in [4.78, 5) is 23.3. The zero-order chi connectivity index (χ0) is 15.4. The summed E-state index contributed by atoms with van der Waals surface area (Å²) in [5, 5.41) is 2.13. The summed E-state index contributed by atoms with van der Waals surface area (Å²) in [6.45, 7) is 2.03. The van der Waals surface area contributed by atoms with Gasteiger partial charge >= 0.3 is 11.9 Å². The van der Waals surface area contributed by atoms with E-state index in [9.17, 15) is 9.59 Å². The van der Waals surface area contributed by atoms with Gasteiger partial charge in [-0.3, -0.25) is 0 Å². The highest BCUT2D eigenvalue weighted by molar-refractivity contribution is 6.17. The van der Waals surface area contributed by atoms with Gasteiger partial charge in [-0.2, -0.15) is 0 Å². The van der Waals surface area contributed by atoms with Gasteiger partial charge in [-0.25, -0.2) is 9.59 Å². The van der Waals surface area contributed by atoms with Crippen LogP contribution in [0.3, 0.4) is 0 Å². The molecule has 0 aliphatic rings. The Balaban J connectivity index is 2.48. The van der Waals surface area contributed by atoms with Crippen molar-refractivity contribution in [2.45, 2.75) is 6.92 Å². The van der Waals surface area contributed by atoms with E-state index < -0.39 is 11.9 Å². The molecule has 0 saturated heterocycles. The second-order valence-corrected chi connectivity index (χ2v) is 4.65. The van der Waals surface area contributed by atoms with E-state index in [2.05, 4.69) is 15.5 Å². The third-order valence-electron chi connectivity index (χ3n) is 3.14. The Morgan fingerprint density at radius 2 is 1.48 bits per heavy atom. The van der Waals surface area contributed by atoms with Crippen molar-refractivity contribution in [2.75, 3.05) is 14.2 Å². The molecule has 0 unspecified atom stereocenters. The van der Waals surface area contributed by atoms with Crippen LogP contribution in [-0.4, -0.2) is 26.2 Å². The number of esters is 2. The van der Waals surface area contributed by atoms with Crippen LogP contribution in [0.25, 0.3) is 16.8 Å². The van der Waals surface area contributed by atoms with Crippen LogP contribution in [0, 0.1) is 6.92 Å². The minimum atomic E-state index is -0.717. The summed E-state index contributed by atoms with van der Waals surface area (Å²) >= 11 is 0. The third-order valence-corrected chi connectivity index (χ3v) is 3.14. The van der Waals surface area contributed by atoms with E-state index in [0.717, 1.165) is 16.3 Å². The Labute approximate surface area is 123 Å². The predicted octanol–water partition coefficient (Wildman–Crippen LogP) is 2.88. The minimum Gasteiger partial charge on any atom is -0.465 e. The lowest BCUT2D eigenvalue weighted by atomic mass is 10.0. The number of rotatable bonds is 3. The van der Waals surface area contributed by atoms with Crippen LogP contribution in [0.2, 0.25) is 0 Å². The molecule has 0 atom stereocenters. The summed E-state index contributed by atoms with van der Waals surface area (Å²) in [5.74, 6) is -1.43. The van der Waals surface area contributed by atoms with Gasteiger partial charge in [0.15, 0.2) is 0 Å². The molecule has 0 aliphatic carbocycles. The normalized spacial score (nSPS) is 10.0. The molecule has 0 heterocycles. The Bertz CT molecular complexity index is 711. The largest absolute Gasteiger partial charge is 0.465 e. The molecule has 4 heteroatoms. The molecule has 108 valence electrons. The van der Waals surface area contributed by atoms with Gasteiger partial charge in [-0.1, -0.05) is 35.9 Å². The van der Waals surface area contributed by atoms with Gasteiger partial charge in [0, 0.05) is 0 Å². The third kappa shape index (κ3) is 3.28. The summed E-state index contributed by atoms with van der Waals surface area (Å²) in [5.41, 5.74) is 1.78. The molecule has 2 aromatic rings. The SMILES string of the molecule is COC(=O)C(=Cc1ccc2cc(C)ccc2c1)C(=O)OC. The second kappa shape index (κ2) is 6.22. The number of hydrogen-bond donors (Lipinski definition) is 0. The van der Waals surface area contributed by atoms with Crippen molar-refractivity contribution >= 4 is 28.8 Å². The van der Waals surface area contributed by atoms with Crippen molar-refractivity contribution < 1.29 is 19.1 Å². The molecule has 0 radical (unpaired) electrons. The molecule has 0 amide bonds. The Hall–Kier alpha value is -2.62. The number of ether oxygens (including phenoxy) is 2. The Kier molecular flexibility index (Phi) is 4.38. The molecule has 4 nitrogen and oxygen atoms in total. The zero-order valence-electron chi connectivity index (χ0n) is 12.2. The van der Waals surface area contributed by atoms with Gasteiger partial charge in [-0.05, 0) is 35.4 Å². The van der Waals surface area contributed by atoms with Crippen LogP contribution < -0.4 is 0 Å². The maximum atomic E-state index is 11.6. The van der Waals surface area contributed by atoms with Crippen LogP contribution in [0.5, 0.6) is 0 Å². The number of aryl methyl sites for hydroxylation is 1. The van der Waals surface area contributed by atoms with Crippen molar-refractivity contribution in [3.05, 3.63) is 53.1 Å². The van der Waals surface area contributed by atoms with E-state index in [1.165, 1.54) is 25.9 Å². The highest BCUT2D eigenvalue weighted by Crippen LogP contribution is 2.19. The van der Waals surface area contributed by atoms with Crippen LogP contribution >= 0.6 is 0 Å². The molecule has 2 aromatic carbocycles. The smallest absolute Gasteiger partial charge is 0.345 e. The average molecular weight is 284 g/mol. The highest BCUT2D eigenvalue weighted by atomic mass is 16.5. The molecule has 0 fully saturated rings. The number of methoxy groups -OCH3 is 2. The molecule has 0 bridgehead atoms. The van der Waals surface area contributed by atoms with Crippen molar-refractivity contribution in [1.82, 2.24) is 0 Å². The fourth-order valence-corrected chi connectivity index (χ4v) is 2.06. The topological polar surface area (TPSA) is 52.6 Å². The van der Waals surface area contributed by atoms with Gasteiger partial charge in [0.2, 0.25) is 0 Å². The molecule has 0 spiro atoms. The number of benzene rings is 2. The molecule has 2 rings (SSSR count). The molecule has 0 saturated carbocycles. The summed E-state index contributed by atoms with van der Waals surface area (Å²) in [7, 11) is 2.45. The van der Waals surface area contributed by atoms with Crippen LogP contribution in [0.15, 0.2) is 42.0 Å². The van der Waals surface area contributed by atoms with E-state index in [1.54, 1.807) is 0 Å². The van der Waals surface area contributed by atoms with Crippen molar-refractivity contribution in [3.63, 3.8) is 0 Å². The number of fused-ring (bicyclic) bond motifs is 1. The first-order valence-corrected chi connectivity index (χ1v) is 6.44. The first-order chi connectivity index (χ1) is 10.0. The lowest BCUT2D eigenvalue weighted by Crippen LogP contribution is -2.15. The fraction of sp³-hybridized carbons (Fsp3) is 0.176. The zero-order valence-corrected chi connectivity index (χ0v) is 12.2. The molecule has 21 heavy (non-hydrogen) atoms. The van der Waals surface area contributed by atoms with Gasteiger partial charge < -0.3 is 9.47 Å². The van der Waals surface area contributed by atoms with Crippen molar-refractivity contribution in [2.24, 2.45) is 0 Å². The average Bonchev–Trinajstić information content (AvgIpc) is 2.51. The monoisotopic (exact) mass is 284 g/mol. The van der Waals surface area contributed by atoms with Crippen LogP contribution in [-0.2, 0) is 19.1 Å². The Morgan fingerprint density at radius 1 is 0.905 bits per heavy atom. The van der Waals surface area contributed by atoms with Gasteiger partial charge in [0.1, 0.15) is 5.57 Å². The van der Waals surface area contributed by atoms with Crippen molar-refractivity contribution in [1.29, 1.82) is 0 Å². The van der Waals surface area contributed by atoms with Gasteiger partial charge in [0.25, 0.3) is 0 Å². The second-order valence-electron chi connectivity index (χ2n) is 4.65. The molecule has 0 aliphatic heterocycles. The van der Waals surface area contributed by atoms with E-state index in [4.69, 9.17) is 0 Å². The van der Waals surface area contributed by atoms with Crippen LogP contribution in [0.4, 0.5) is 0 Å². The molecule has 0 N–H and O–H groups in total. The first kappa shape index (κ1) is 14.8. The van der Waals surface area contributed by atoms with Gasteiger partial charge in [0.05, 0.1) is 14.2 Å². The van der Waals surface area contributed by atoms with Crippen LogP contribution in [0.1, 0.15) is 11.1 Å². The number of carbonyl (C=O) groups is 2. The number of hydrogen-bond acceptors (Lipinski definition) is 4. The molecule has 0 aromatic heterocycles. The van der Waals surface area contributed by atoms with Gasteiger partial charge in [-0.15, -0.1) is 0 Å². The van der Waals surface area contributed by atoms with E-state index in [1.807, 2.05) is 37.3 Å². The highest BCUT2D eigenvalue weighted by Gasteiger charge is 2.19. The predicted molar refractivity (Wildman–Crippen MR) is 80.7 cm³/mol. The standard InChI is InChI=1S/C17H16O4/c1-11-4-6-14-9-12(5-7-13(14)8-11)10-15(16(18)20-2)17(19)21-3/h4-10H,1-3H3. The van der Waals surface area contributed by atoms with E-state index >= 15 is 0 Å². The summed E-state index contributed by atoms with van der Waals surface area (Å²) in [6.07, 6.45) is 1.47. The summed E-state index contributed by atoms with van der Waals surface area (Å²) in [6, 6.07) is 11.8. The quantitative estimate of drug-likeness (QED) is 0.376. The van der Waals surface area contributed by atoms with Crippen molar-refractivity contribution in [3.8, 4) is 0 Å². The first-order valence-electron chi connectivity index (χ1n) is 6.44.